The Hall–Kier alpha value is -0.860. The predicted octanol–water partition coefficient (Wildman–Crippen LogP) is 2.18. The van der Waals surface area contributed by atoms with Gasteiger partial charge < -0.3 is 10.4 Å². The van der Waals surface area contributed by atoms with E-state index in [1.54, 1.807) is 0 Å². The summed E-state index contributed by atoms with van der Waals surface area (Å²) in [4.78, 5) is 0. The highest BCUT2D eigenvalue weighted by Gasteiger charge is 2.26. The molecule has 0 atom stereocenters. The molecule has 86 valence electrons. The molecule has 2 saturated carbocycles. The summed E-state index contributed by atoms with van der Waals surface area (Å²) in [6.07, 6.45) is 4.52. The first-order chi connectivity index (χ1) is 7.81. The van der Waals surface area contributed by atoms with E-state index in [0.717, 1.165) is 25.3 Å². The normalized spacial score (nSPS) is 28.8. The quantitative estimate of drug-likeness (QED) is 0.810. The summed E-state index contributed by atoms with van der Waals surface area (Å²) < 4.78 is 0. The van der Waals surface area contributed by atoms with Gasteiger partial charge in [0.05, 0.1) is 6.10 Å². The van der Waals surface area contributed by atoms with Crippen molar-refractivity contribution in [3.8, 4) is 0 Å². The smallest absolute Gasteiger partial charge is 0.0570 e. The van der Waals surface area contributed by atoms with E-state index in [-0.39, 0.29) is 6.10 Å². The third kappa shape index (κ3) is 2.28. The van der Waals surface area contributed by atoms with Gasteiger partial charge in [-0.1, -0.05) is 24.3 Å². The van der Waals surface area contributed by atoms with Gasteiger partial charge in [-0.2, -0.15) is 0 Å². The molecule has 1 aromatic rings. The Morgan fingerprint density at radius 1 is 1.12 bits per heavy atom. The second-order valence-corrected chi connectivity index (χ2v) is 5.22. The van der Waals surface area contributed by atoms with Crippen LogP contribution in [0.4, 0.5) is 0 Å². The highest BCUT2D eigenvalue weighted by Crippen LogP contribution is 2.39. The maximum atomic E-state index is 9.18. The SMILES string of the molecule is OC1CC(NCc2ccc(C3CC3)cc2)C1. The first kappa shape index (κ1) is 10.3. The second-order valence-electron chi connectivity index (χ2n) is 5.22. The Kier molecular flexibility index (Phi) is 2.70. The molecule has 0 radical (unpaired) electrons. The summed E-state index contributed by atoms with van der Waals surface area (Å²) in [5.41, 5.74) is 2.86. The van der Waals surface area contributed by atoms with Gasteiger partial charge in [0.25, 0.3) is 0 Å². The number of hydrogen-bond donors (Lipinski definition) is 2. The lowest BCUT2D eigenvalue weighted by Crippen LogP contribution is -2.43. The van der Waals surface area contributed by atoms with Crippen LogP contribution in [0.25, 0.3) is 0 Å². The fraction of sp³-hybridized carbons (Fsp3) is 0.571. The zero-order chi connectivity index (χ0) is 11.0. The molecule has 0 bridgehead atoms. The van der Waals surface area contributed by atoms with Gasteiger partial charge >= 0.3 is 0 Å². The Bertz CT molecular complexity index is 350. The minimum atomic E-state index is -0.0604. The van der Waals surface area contributed by atoms with Crippen molar-refractivity contribution in [2.24, 2.45) is 0 Å². The van der Waals surface area contributed by atoms with Crippen LogP contribution in [0, 0.1) is 0 Å². The molecule has 2 heteroatoms. The first-order valence-corrected chi connectivity index (χ1v) is 6.31. The molecule has 2 N–H and O–H groups in total. The van der Waals surface area contributed by atoms with Crippen molar-refractivity contribution in [1.29, 1.82) is 0 Å². The lowest BCUT2D eigenvalue weighted by molar-refractivity contribution is 0.0619. The van der Waals surface area contributed by atoms with E-state index in [0.29, 0.717) is 6.04 Å². The number of hydrogen-bond acceptors (Lipinski definition) is 2. The molecule has 1 aromatic carbocycles. The van der Waals surface area contributed by atoms with E-state index in [1.807, 2.05) is 0 Å². The topological polar surface area (TPSA) is 32.3 Å². The monoisotopic (exact) mass is 217 g/mol. The van der Waals surface area contributed by atoms with Gasteiger partial charge in [-0.15, -0.1) is 0 Å². The summed E-state index contributed by atoms with van der Waals surface area (Å²) >= 11 is 0. The highest BCUT2D eigenvalue weighted by molar-refractivity contribution is 5.28. The van der Waals surface area contributed by atoms with Gasteiger partial charge in [0, 0.05) is 12.6 Å². The third-order valence-corrected chi connectivity index (χ3v) is 3.74. The Morgan fingerprint density at radius 2 is 1.81 bits per heavy atom. The zero-order valence-corrected chi connectivity index (χ0v) is 9.52. The van der Waals surface area contributed by atoms with Gasteiger partial charge in [0.2, 0.25) is 0 Å². The third-order valence-electron chi connectivity index (χ3n) is 3.74. The number of benzene rings is 1. The van der Waals surface area contributed by atoms with Crippen LogP contribution in [-0.2, 0) is 6.54 Å². The van der Waals surface area contributed by atoms with Crippen molar-refractivity contribution in [2.45, 2.75) is 50.3 Å². The molecular weight excluding hydrogens is 198 g/mol. The van der Waals surface area contributed by atoms with Crippen LogP contribution in [0.2, 0.25) is 0 Å². The van der Waals surface area contributed by atoms with Crippen molar-refractivity contribution in [1.82, 2.24) is 5.32 Å². The molecule has 2 nitrogen and oxygen atoms in total. The lowest BCUT2D eigenvalue weighted by Gasteiger charge is -2.32. The molecule has 16 heavy (non-hydrogen) atoms. The summed E-state index contributed by atoms with van der Waals surface area (Å²) in [5, 5.41) is 12.7. The first-order valence-electron chi connectivity index (χ1n) is 6.31. The summed E-state index contributed by atoms with van der Waals surface area (Å²) in [7, 11) is 0. The van der Waals surface area contributed by atoms with E-state index >= 15 is 0 Å². The molecule has 2 fully saturated rings. The van der Waals surface area contributed by atoms with Gasteiger partial charge in [0.1, 0.15) is 0 Å². The fourth-order valence-electron chi connectivity index (χ4n) is 2.34. The van der Waals surface area contributed by atoms with Crippen molar-refractivity contribution in [2.75, 3.05) is 0 Å². The predicted molar refractivity (Wildman–Crippen MR) is 64.3 cm³/mol. The largest absolute Gasteiger partial charge is 0.393 e. The number of rotatable bonds is 4. The minimum Gasteiger partial charge on any atom is -0.393 e. The van der Waals surface area contributed by atoms with Crippen molar-refractivity contribution >= 4 is 0 Å². The van der Waals surface area contributed by atoms with Crippen LogP contribution in [0.1, 0.15) is 42.7 Å². The number of aliphatic hydroxyl groups is 1. The summed E-state index contributed by atoms with van der Waals surface area (Å²) in [6.45, 7) is 0.933. The number of aliphatic hydroxyl groups excluding tert-OH is 1. The van der Waals surface area contributed by atoms with E-state index in [9.17, 15) is 5.11 Å². The fourth-order valence-corrected chi connectivity index (χ4v) is 2.34. The molecular formula is C14H19NO. The molecule has 2 aliphatic rings. The molecule has 0 amide bonds. The van der Waals surface area contributed by atoms with Crippen molar-refractivity contribution < 1.29 is 5.11 Å². The van der Waals surface area contributed by atoms with Gasteiger partial charge in [-0.05, 0) is 42.7 Å². The second kappa shape index (κ2) is 4.19. The summed E-state index contributed by atoms with van der Waals surface area (Å²) in [5.74, 6) is 0.851. The van der Waals surface area contributed by atoms with E-state index in [1.165, 1.54) is 24.0 Å². The Labute approximate surface area is 96.7 Å². The molecule has 0 unspecified atom stereocenters. The average molecular weight is 217 g/mol. The van der Waals surface area contributed by atoms with Gasteiger partial charge in [0.15, 0.2) is 0 Å². The molecule has 0 aliphatic heterocycles. The molecule has 0 heterocycles. The lowest BCUT2D eigenvalue weighted by atomic mass is 9.89. The molecule has 3 rings (SSSR count). The van der Waals surface area contributed by atoms with Crippen LogP contribution < -0.4 is 5.32 Å². The van der Waals surface area contributed by atoms with Crippen molar-refractivity contribution in [3.05, 3.63) is 35.4 Å². The molecule has 0 spiro atoms. The summed E-state index contributed by atoms with van der Waals surface area (Å²) in [6, 6.07) is 9.53. The highest BCUT2D eigenvalue weighted by atomic mass is 16.3. The molecule has 2 aliphatic carbocycles. The van der Waals surface area contributed by atoms with Crippen LogP contribution in [0.5, 0.6) is 0 Å². The van der Waals surface area contributed by atoms with Crippen LogP contribution in [0.3, 0.4) is 0 Å². The molecule has 0 saturated heterocycles. The van der Waals surface area contributed by atoms with Crippen LogP contribution in [-0.4, -0.2) is 17.3 Å². The van der Waals surface area contributed by atoms with Gasteiger partial charge in [-0.25, -0.2) is 0 Å². The Morgan fingerprint density at radius 3 is 2.38 bits per heavy atom. The standard InChI is InChI=1S/C14H19NO/c16-14-7-13(8-14)15-9-10-1-3-11(4-2-10)12-5-6-12/h1-4,12-16H,5-9H2. The zero-order valence-electron chi connectivity index (χ0n) is 9.52. The van der Waals surface area contributed by atoms with Crippen molar-refractivity contribution in [3.63, 3.8) is 0 Å². The maximum Gasteiger partial charge on any atom is 0.0570 e. The van der Waals surface area contributed by atoms with E-state index in [4.69, 9.17) is 0 Å². The maximum absolute atomic E-state index is 9.18. The van der Waals surface area contributed by atoms with E-state index in [2.05, 4.69) is 29.6 Å². The molecule has 0 aromatic heterocycles. The minimum absolute atomic E-state index is 0.0604. The van der Waals surface area contributed by atoms with Crippen LogP contribution in [0.15, 0.2) is 24.3 Å². The van der Waals surface area contributed by atoms with E-state index < -0.39 is 0 Å². The van der Waals surface area contributed by atoms with Crippen LogP contribution >= 0.6 is 0 Å². The van der Waals surface area contributed by atoms with Gasteiger partial charge in [-0.3, -0.25) is 0 Å². The number of nitrogens with one attached hydrogen (secondary N) is 1. The Balaban J connectivity index is 1.50. The average Bonchev–Trinajstić information content (AvgIpc) is 3.07.